The van der Waals surface area contributed by atoms with Crippen LogP contribution in [0.1, 0.15) is 34.0 Å². The normalized spacial score (nSPS) is 12.0. The molecule has 0 aliphatic rings. The van der Waals surface area contributed by atoms with Crippen LogP contribution in [-0.4, -0.2) is 29.9 Å². The van der Waals surface area contributed by atoms with E-state index in [-0.39, 0.29) is 11.9 Å². The van der Waals surface area contributed by atoms with Crippen molar-refractivity contribution >= 4 is 17.2 Å². The average Bonchev–Trinajstić information content (AvgIpc) is 2.97. The van der Waals surface area contributed by atoms with E-state index in [9.17, 15) is 4.79 Å². The number of carbonyl (C=O) groups excluding carboxylic acids is 1. The van der Waals surface area contributed by atoms with Crippen molar-refractivity contribution in [2.75, 3.05) is 14.2 Å². The minimum absolute atomic E-state index is 0.103. The lowest BCUT2D eigenvalue weighted by Gasteiger charge is -2.16. The van der Waals surface area contributed by atoms with E-state index >= 15 is 0 Å². The van der Waals surface area contributed by atoms with Gasteiger partial charge in [0.1, 0.15) is 16.5 Å². The highest BCUT2D eigenvalue weighted by Crippen LogP contribution is 2.18. The lowest BCUT2D eigenvalue weighted by Crippen LogP contribution is -2.26. The standard InChI is InChI=1S/C15H19N3O2S/c1-10(16)14-17-13(9-21-14)15(19)18(2)8-11-4-6-12(20-3)7-5-11/h4-7,9-10H,8,16H2,1-3H3. The molecule has 0 fully saturated rings. The molecular weight excluding hydrogens is 286 g/mol. The van der Waals surface area contributed by atoms with Gasteiger partial charge in [-0.3, -0.25) is 4.79 Å². The Balaban J connectivity index is 2.04. The molecule has 2 rings (SSSR count). The molecule has 1 atom stereocenters. The molecule has 1 heterocycles. The van der Waals surface area contributed by atoms with Crippen molar-refractivity contribution in [3.8, 4) is 5.75 Å². The number of amides is 1. The molecule has 6 heteroatoms. The molecule has 5 nitrogen and oxygen atoms in total. The van der Waals surface area contributed by atoms with Crippen LogP contribution in [0, 0.1) is 0 Å². The van der Waals surface area contributed by atoms with E-state index < -0.39 is 0 Å². The molecule has 0 aliphatic heterocycles. The van der Waals surface area contributed by atoms with Gasteiger partial charge >= 0.3 is 0 Å². The summed E-state index contributed by atoms with van der Waals surface area (Å²) < 4.78 is 5.12. The molecule has 0 saturated carbocycles. The summed E-state index contributed by atoms with van der Waals surface area (Å²) in [5.74, 6) is 0.697. The number of methoxy groups -OCH3 is 1. The van der Waals surface area contributed by atoms with Gasteiger partial charge < -0.3 is 15.4 Å². The zero-order valence-corrected chi connectivity index (χ0v) is 13.2. The SMILES string of the molecule is COc1ccc(CN(C)C(=O)c2csc(C(C)N)n2)cc1. The van der Waals surface area contributed by atoms with E-state index in [1.165, 1.54) is 11.3 Å². The molecule has 0 bridgehead atoms. The number of hydrogen-bond acceptors (Lipinski definition) is 5. The lowest BCUT2D eigenvalue weighted by molar-refractivity contribution is 0.0780. The minimum atomic E-state index is -0.150. The number of hydrogen-bond donors (Lipinski definition) is 1. The van der Waals surface area contributed by atoms with E-state index in [1.807, 2.05) is 31.2 Å². The quantitative estimate of drug-likeness (QED) is 0.921. The van der Waals surface area contributed by atoms with Crippen LogP contribution in [0.5, 0.6) is 5.75 Å². The molecule has 2 N–H and O–H groups in total. The molecule has 0 spiro atoms. The largest absolute Gasteiger partial charge is 0.497 e. The highest BCUT2D eigenvalue weighted by Gasteiger charge is 2.16. The predicted octanol–water partition coefficient (Wildman–Crippen LogP) is 2.44. The monoisotopic (exact) mass is 305 g/mol. The van der Waals surface area contributed by atoms with Gasteiger partial charge in [-0.15, -0.1) is 11.3 Å². The second-order valence-electron chi connectivity index (χ2n) is 4.87. The smallest absolute Gasteiger partial charge is 0.273 e. The zero-order chi connectivity index (χ0) is 15.4. The van der Waals surface area contributed by atoms with Crippen LogP contribution in [0.15, 0.2) is 29.6 Å². The summed E-state index contributed by atoms with van der Waals surface area (Å²) in [6.45, 7) is 2.38. The molecule has 112 valence electrons. The van der Waals surface area contributed by atoms with Gasteiger partial charge in [0.05, 0.1) is 13.2 Å². The first-order valence-corrected chi connectivity index (χ1v) is 7.48. The van der Waals surface area contributed by atoms with Crippen LogP contribution in [-0.2, 0) is 6.54 Å². The second kappa shape index (κ2) is 6.69. The van der Waals surface area contributed by atoms with Crippen LogP contribution in [0.25, 0.3) is 0 Å². The molecule has 1 aromatic heterocycles. The molecule has 2 aromatic rings. The molecule has 21 heavy (non-hydrogen) atoms. The number of nitrogens with zero attached hydrogens (tertiary/aromatic N) is 2. The van der Waals surface area contributed by atoms with Gasteiger partial charge in [0.25, 0.3) is 5.91 Å². The van der Waals surface area contributed by atoms with Gasteiger partial charge in [-0.2, -0.15) is 0 Å². The zero-order valence-electron chi connectivity index (χ0n) is 12.4. The fourth-order valence-electron chi connectivity index (χ4n) is 1.87. The Kier molecular flexibility index (Phi) is 4.93. The van der Waals surface area contributed by atoms with Gasteiger partial charge in [0, 0.05) is 19.0 Å². The van der Waals surface area contributed by atoms with Crippen LogP contribution >= 0.6 is 11.3 Å². The van der Waals surface area contributed by atoms with Crippen molar-refractivity contribution in [2.24, 2.45) is 5.73 Å². The fraction of sp³-hybridized carbons (Fsp3) is 0.333. The molecule has 0 aliphatic carbocycles. The predicted molar refractivity (Wildman–Crippen MR) is 83.5 cm³/mol. The van der Waals surface area contributed by atoms with Crippen LogP contribution < -0.4 is 10.5 Å². The second-order valence-corrected chi connectivity index (χ2v) is 5.76. The van der Waals surface area contributed by atoms with E-state index in [1.54, 1.807) is 24.4 Å². The fourth-order valence-corrected chi connectivity index (χ4v) is 2.62. The van der Waals surface area contributed by atoms with Crippen LogP contribution in [0.4, 0.5) is 0 Å². The van der Waals surface area contributed by atoms with Crippen LogP contribution in [0.2, 0.25) is 0 Å². The van der Waals surface area contributed by atoms with E-state index in [2.05, 4.69) is 4.98 Å². The van der Waals surface area contributed by atoms with Gasteiger partial charge in [-0.1, -0.05) is 12.1 Å². The van der Waals surface area contributed by atoms with Crippen molar-refractivity contribution in [2.45, 2.75) is 19.5 Å². The maximum atomic E-state index is 12.3. The highest BCUT2D eigenvalue weighted by atomic mass is 32.1. The molecule has 1 aromatic carbocycles. The molecule has 0 saturated heterocycles. The number of thiazole rings is 1. The third-order valence-corrected chi connectivity index (χ3v) is 4.10. The summed E-state index contributed by atoms with van der Waals surface area (Å²) in [5.41, 5.74) is 7.25. The molecular formula is C15H19N3O2S. The maximum Gasteiger partial charge on any atom is 0.273 e. The third kappa shape index (κ3) is 3.80. The van der Waals surface area contributed by atoms with Gasteiger partial charge in [-0.05, 0) is 24.6 Å². The summed E-state index contributed by atoms with van der Waals surface area (Å²) in [5, 5.41) is 2.53. The first-order chi connectivity index (χ1) is 10.0. The Hall–Kier alpha value is -1.92. The summed E-state index contributed by atoms with van der Waals surface area (Å²) >= 11 is 1.41. The number of aromatic nitrogens is 1. The van der Waals surface area contributed by atoms with E-state index in [0.717, 1.165) is 16.3 Å². The summed E-state index contributed by atoms with van der Waals surface area (Å²) in [7, 11) is 3.39. The topological polar surface area (TPSA) is 68.5 Å². The summed E-state index contributed by atoms with van der Waals surface area (Å²) in [4.78, 5) is 18.2. The number of carbonyl (C=O) groups is 1. The van der Waals surface area contributed by atoms with Gasteiger partial charge in [0.15, 0.2) is 0 Å². The van der Waals surface area contributed by atoms with Crippen molar-refractivity contribution in [1.82, 2.24) is 9.88 Å². The van der Waals surface area contributed by atoms with Crippen molar-refractivity contribution in [1.29, 1.82) is 0 Å². The number of nitrogens with two attached hydrogens (primary N) is 1. The summed E-state index contributed by atoms with van der Waals surface area (Å²) in [6, 6.07) is 7.49. The Labute approximate surface area is 128 Å². The van der Waals surface area contributed by atoms with Crippen molar-refractivity contribution < 1.29 is 9.53 Å². The molecule has 1 amide bonds. The molecule has 1 unspecified atom stereocenters. The van der Waals surface area contributed by atoms with Gasteiger partial charge in [0.2, 0.25) is 0 Å². The Morgan fingerprint density at radius 1 is 1.43 bits per heavy atom. The van der Waals surface area contributed by atoms with E-state index in [0.29, 0.717) is 12.2 Å². The Bertz CT molecular complexity index is 608. The average molecular weight is 305 g/mol. The first kappa shape index (κ1) is 15.5. The highest BCUT2D eigenvalue weighted by molar-refractivity contribution is 7.09. The lowest BCUT2D eigenvalue weighted by atomic mass is 10.2. The van der Waals surface area contributed by atoms with E-state index in [4.69, 9.17) is 10.5 Å². The Morgan fingerprint density at radius 2 is 2.10 bits per heavy atom. The van der Waals surface area contributed by atoms with Crippen molar-refractivity contribution in [3.63, 3.8) is 0 Å². The summed E-state index contributed by atoms with van der Waals surface area (Å²) in [6.07, 6.45) is 0. The number of rotatable bonds is 5. The van der Waals surface area contributed by atoms with Gasteiger partial charge in [-0.25, -0.2) is 4.98 Å². The minimum Gasteiger partial charge on any atom is -0.497 e. The molecule has 0 radical (unpaired) electrons. The van der Waals surface area contributed by atoms with Crippen LogP contribution in [0.3, 0.4) is 0 Å². The number of benzene rings is 1. The number of ether oxygens (including phenoxy) is 1. The van der Waals surface area contributed by atoms with Crippen molar-refractivity contribution in [3.05, 3.63) is 45.9 Å². The Morgan fingerprint density at radius 3 is 2.62 bits per heavy atom. The third-order valence-electron chi connectivity index (χ3n) is 3.06. The maximum absolute atomic E-state index is 12.3. The first-order valence-electron chi connectivity index (χ1n) is 6.60.